The molecule has 1 N–H and O–H groups in total. The molecule has 2 aromatic rings. The van der Waals surface area contributed by atoms with Crippen LogP contribution in [0.4, 0.5) is 4.39 Å². The molecule has 0 saturated carbocycles. The minimum Gasteiger partial charge on any atom is -0.306 e. The molecule has 2 rings (SSSR count). The number of nitrogens with one attached hydrogen (secondary N) is 1. The third-order valence-corrected chi connectivity index (χ3v) is 3.03. The zero-order valence-corrected chi connectivity index (χ0v) is 10.7. The van der Waals surface area contributed by atoms with Crippen LogP contribution in [-0.4, -0.2) is 9.97 Å². The predicted molar refractivity (Wildman–Crippen MR) is 69.1 cm³/mol. The molecule has 0 radical (unpaired) electrons. The van der Waals surface area contributed by atoms with E-state index in [0.29, 0.717) is 29.1 Å². The predicted octanol–water partition coefficient (Wildman–Crippen LogP) is 2.76. The number of nitrogens with zero attached hydrogens (tertiary/aromatic N) is 1. The molecular weight excluding hydrogens is 231 g/mol. The van der Waals surface area contributed by atoms with Crippen molar-refractivity contribution >= 4 is 0 Å². The monoisotopic (exact) mass is 246 g/mol. The fourth-order valence-electron chi connectivity index (χ4n) is 2.00. The highest BCUT2D eigenvalue weighted by atomic mass is 19.1. The zero-order chi connectivity index (χ0) is 13.3. The average Bonchev–Trinajstić information content (AvgIpc) is 2.32. The van der Waals surface area contributed by atoms with Gasteiger partial charge < -0.3 is 4.98 Å². The number of H-pyrrole nitrogens is 1. The van der Waals surface area contributed by atoms with E-state index < -0.39 is 0 Å². The molecule has 4 heteroatoms. The summed E-state index contributed by atoms with van der Waals surface area (Å²) in [7, 11) is 0. The van der Waals surface area contributed by atoms with Crippen LogP contribution in [0.15, 0.2) is 23.0 Å². The Labute approximate surface area is 105 Å². The SMILES string of the molecule is CCc1c(C)nc(-c2cc(F)ccc2C)[nH]c1=O. The summed E-state index contributed by atoms with van der Waals surface area (Å²) in [5, 5.41) is 0. The van der Waals surface area contributed by atoms with Crippen LogP contribution >= 0.6 is 0 Å². The lowest BCUT2D eigenvalue weighted by Gasteiger charge is -2.08. The molecule has 0 aliphatic carbocycles. The lowest BCUT2D eigenvalue weighted by Crippen LogP contribution is -2.17. The second-order valence-corrected chi connectivity index (χ2v) is 4.29. The number of aromatic nitrogens is 2. The largest absolute Gasteiger partial charge is 0.306 e. The van der Waals surface area contributed by atoms with Gasteiger partial charge in [0.05, 0.1) is 0 Å². The van der Waals surface area contributed by atoms with E-state index in [1.807, 2.05) is 13.8 Å². The van der Waals surface area contributed by atoms with Gasteiger partial charge in [-0.1, -0.05) is 13.0 Å². The second-order valence-electron chi connectivity index (χ2n) is 4.29. The van der Waals surface area contributed by atoms with Crippen molar-refractivity contribution in [1.82, 2.24) is 9.97 Å². The van der Waals surface area contributed by atoms with E-state index in [0.717, 1.165) is 5.56 Å². The molecule has 0 aliphatic heterocycles. The lowest BCUT2D eigenvalue weighted by molar-refractivity contribution is 0.627. The number of halogens is 1. The molecule has 18 heavy (non-hydrogen) atoms. The highest BCUT2D eigenvalue weighted by molar-refractivity contribution is 5.60. The molecule has 0 amide bonds. The van der Waals surface area contributed by atoms with Gasteiger partial charge in [-0.2, -0.15) is 0 Å². The molecule has 3 nitrogen and oxygen atoms in total. The molecule has 94 valence electrons. The number of hydrogen-bond acceptors (Lipinski definition) is 2. The molecule has 0 aliphatic rings. The van der Waals surface area contributed by atoms with Crippen LogP contribution in [0.2, 0.25) is 0 Å². The van der Waals surface area contributed by atoms with Crippen LogP contribution in [0.3, 0.4) is 0 Å². The number of aryl methyl sites for hydroxylation is 2. The third-order valence-electron chi connectivity index (χ3n) is 3.03. The van der Waals surface area contributed by atoms with E-state index in [1.54, 1.807) is 13.0 Å². The van der Waals surface area contributed by atoms with Crippen LogP contribution in [0.1, 0.15) is 23.7 Å². The van der Waals surface area contributed by atoms with Crippen LogP contribution in [0.5, 0.6) is 0 Å². The van der Waals surface area contributed by atoms with Gasteiger partial charge in [0.15, 0.2) is 0 Å². The van der Waals surface area contributed by atoms with Crippen molar-refractivity contribution in [2.75, 3.05) is 0 Å². The topological polar surface area (TPSA) is 45.8 Å². The number of aromatic amines is 1. The van der Waals surface area contributed by atoms with Gasteiger partial charge in [0.2, 0.25) is 0 Å². The van der Waals surface area contributed by atoms with Gasteiger partial charge in [0, 0.05) is 16.8 Å². The number of hydrogen-bond donors (Lipinski definition) is 1. The Morgan fingerprint density at radius 3 is 2.67 bits per heavy atom. The summed E-state index contributed by atoms with van der Waals surface area (Å²) >= 11 is 0. The molecule has 0 bridgehead atoms. The first-order chi connectivity index (χ1) is 8.52. The van der Waals surface area contributed by atoms with E-state index in [2.05, 4.69) is 9.97 Å². The molecule has 0 atom stereocenters. The number of rotatable bonds is 2. The maximum Gasteiger partial charge on any atom is 0.254 e. The van der Waals surface area contributed by atoms with Gasteiger partial charge in [-0.05, 0) is 38.0 Å². The summed E-state index contributed by atoms with van der Waals surface area (Å²) in [5.41, 5.74) is 2.72. The van der Waals surface area contributed by atoms with Gasteiger partial charge in [-0.3, -0.25) is 4.79 Å². The minimum atomic E-state index is -0.338. The molecule has 1 heterocycles. The Bertz CT molecular complexity index is 647. The third kappa shape index (κ3) is 2.18. The Balaban J connectivity index is 2.65. The highest BCUT2D eigenvalue weighted by Gasteiger charge is 2.10. The Morgan fingerprint density at radius 1 is 1.33 bits per heavy atom. The maximum absolute atomic E-state index is 13.3. The van der Waals surface area contributed by atoms with Gasteiger partial charge in [0.1, 0.15) is 11.6 Å². The highest BCUT2D eigenvalue weighted by Crippen LogP contribution is 2.20. The smallest absolute Gasteiger partial charge is 0.254 e. The normalized spacial score (nSPS) is 10.7. The molecule has 1 aromatic heterocycles. The molecule has 0 unspecified atom stereocenters. The van der Waals surface area contributed by atoms with Crippen LogP contribution in [0.25, 0.3) is 11.4 Å². The van der Waals surface area contributed by atoms with Crippen molar-refractivity contribution in [1.29, 1.82) is 0 Å². The Morgan fingerprint density at radius 2 is 2.06 bits per heavy atom. The summed E-state index contributed by atoms with van der Waals surface area (Å²) < 4.78 is 13.3. The van der Waals surface area contributed by atoms with Crippen LogP contribution in [0, 0.1) is 19.7 Å². The van der Waals surface area contributed by atoms with E-state index in [1.165, 1.54) is 12.1 Å². The zero-order valence-electron chi connectivity index (χ0n) is 10.7. The fraction of sp³-hybridized carbons (Fsp3) is 0.286. The van der Waals surface area contributed by atoms with E-state index >= 15 is 0 Å². The van der Waals surface area contributed by atoms with Crippen molar-refractivity contribution < 1.29 is 4.39 Å². The van der Waals surface area contributed by atoms with Crippen molar-refractivity contribution in [3.63, 3.8) is 0 Å². The molecule has 1 aromatic carbocycles. The molecular formula is C14H15FN2O. The Hall–Kier alpha value is -1.97. The summed E-state index contributed by atoms with van der Waals surface area (Å²) in [6.07, 6.45) is 0.635. The average molecular weight is 246 g/mol. The van der Waals surface area contributed by atoms with E-state index in [-0.39, 0.29) is 11.4 Å². The summed E-state index contributed by atoms with van der Waals surface area (Å²) in [6.45, 7) is 5.57. The van der Waals surface area contributed by atoms with Crippen LogP contribution < -0.4 is 5.56 Å². The summed E-state index contributed by atoms with van der Waals surface area (Å²) in [6, 6.07) is 4.45. The van der Waals surface area contributed by atoms with Gasteiger partial charge in [0.25, 0.3) is 5.56 Å². The van der Waals surface area contributed by atoms with Crippen LogP contribution in [-0.2, 0) is 6.42 Å². The first-order valence-electron chi connectivity index (χ1n) is 5.89. The molecule has 0 spiro atoms. The number of benzene rings is 1. The van der Waals surface area contributed by atoms with Gasteiger partial charge >= 0.3 is 0 Å². The standard InChI is InChI=1S/C14H15FN2O/c1-4-11-9(3)16-13(17-14(11)18)12-7-10(15)6-5-8(12)2/h5-7H,4H2,1-3H3,(H,16,17,18). The van der Waals surface area contributed by atoms with E-state index in [4.69, 9.17) is 0 Å². The minimum absolute atomic E-state index is 0.149. The van der Waals surface area contributed by atoms with Crippen molar-refractivity contribution in [2.24, 2.45) is 0 Å². The summed E-state index contributed by atoms with van der Waals surface area (Å²) in [5.74, 6) is 0.0853. The maximum atomic E-state index is 13.3. The van der Waals surface area contributed by atoms with Crippen molar-refractivity contribution in [3.05, 3.63) is 51.2 Å². The molecule has 0 fully saturated rings. The Kier molecular flexibility index (Phi) is 3.28. The second kappa shape index (κ2) is 4.72. The first kappa shape index (κ1) is 12.5. The van der Waals surface area contributed by atoms with Crippen molar-refractivity contribution in [3.8, 4) is 11.4 Å². The summed E-state index contributed by atoms with van der Waals surface area (Å²) in [4.78, 5) is 18.9. The van der Waals surface area contributed by atoms with Crippen molar-refractivity contribution in [2.45, 2.75) is 27.2 Å². The first-order valence-corrected chi connectivity index (χ1v) is 5.89. The lowest BCUT2D eigenvalue weighted by atomic mass is 10.1. The quantitative estimate of drug-likeness (QED) is 0.885. The molecule has 0 saturated heterocycles. The fourth-order valence-corrected chi connectivity index (χ4v) is 2.00. The van der Waals surface area contributed by atoms with E-state index in [9.17, 15) is 9.18 Å². The van der Waals surface area contributed by atoms with Gasteiger partial charge in [-0.15, -0.1) is 0 Å². The van der Waals surface area contributed by atoms with Gasteiger partial charge in [-0.25, -0.2) is 9.37 Å².